The molecule has 1 saturated carbocycles. The molecule has 3 rings (SSSR count). The average molecular weight is 410 g/mol. The monoisotopic (exact) mass is 409 g/mol. The molecule has 3 N–H and O–H groups in total. The topological polar surface area (TPSA) is 70.2 Å². The van der Waals surface area contributed by atoms with E-state index in [0.717, 1.165) is 17.5 Å². The van der Waals surface area contributed by atoms with Crippen LogP contribution in [-0.4, -0.2) is 16.9 Å². The standard InChI is InChI=1S/C23H27N3O2S/c27-21(16-11-17-7-3-1-4-8-17)24-23(29)26-25-22(28)20-14-12-19(13-15-20)18-9-5-2-6-10-18/h2,5-6,9-10,12-15,17H,1,3-4,7-8,11,16H2,(H,25,28)(H2,24,26,27,29). The van der Waals surface area contributed by atoms with Gasteiger partial charge in [0.2, 0.25) is 5.91 Å². The van der Waals surface area contributed by atoms with Gasteiger partial charge in [-0.05, 0) is 47.8 Å². The van der Waals surface area contributed by atoms with E-state index in [2.05, 4.69) is 16.2 Å². The van der Waals surface area contributed by atoms with Crippen molar-refractivity contribution < 1.29 is 9.59 Å². The second kappa shape index (κ2) is 10.7. The number of hydrazine groups is 1. The molecule has 0 bridgehead atoms. The second-order valence-corrected chi connectivity index (χ2v) is 7.85. The van der Waals surface area contributed by atoms with Crippen molar-refractivity contribution in [3.63, 3.8) is 0 Å². The van der Waals surface area contributed by atoms with Gasteiger partial charge in [0.25, 0.3) is 5.91 Å². The summed E-state index contributed by atoms with van der Waals surface area (Å²) >= 11 is 5.10. The third kappa shape index (κ3) is 6.68. The average Bonchev–Trinajstić information content (AvgIpc) is 2.77. The number of thiocarbonyl (C=S) groups is 1. The van der Waals surface area contributed by atoms with Crippen molar-refractivity contribution in [3.8, 4) is 11.1 Å². The fourth-order valence-electron chi connectivity index (χ4n) is 3.66. The summed E-state index contributed by atoms with van der Waals surface area (Å²) in [5.74, 6) is 0.215. The van der Waals surface area contributed by atoms with Crippen LogP contribution in [0.3, 0.4) is 0 Å². The predicted molar refractivity (Wildman–Crippen MR) is 119 cm³/mol. The second-order valence-electron chi connectivity index (χ2n) is 7.44. The lowest BCUT2D eigenvalue weighted by Crippen LogP contribution is -2.48. The van der Waals surface area contributed by atoms with Crippen molar-refractivity contribution in [2.45, 2.75) is 44.9 Å². The first kappa shape index (κ1) is 21.0. The number of amides is 2. The summed E-state index contributed by atoms with van der Waals surface area (Å²) in [4.78, 5) is 24.3. The molecule has 2 aromatic carbocycles. The van der Waals surface area contributed by atoms with E-state index in [0.29, 0.717) is 17.9 Å². The van der Waals surface area contributed by atoms with Crippen LogP contribution < -0.4 is 16.2 Å². The van der Waals surface area contributed by atoms with Crippen molar-refractivity contribution in [1.29, 1.82) is 0 Å². The first-order valence-electron chi connectivity index (χ1n) is 10.2. The number of hydrogen-bond acceptors (Lipinski definition) is 3. The van der Waals surface area contributed by atoms with Gasteiger partial charge in [-0.1, -0.05) is 74.6 Å². The van der Waals surface area contributed by atoms with Crippen LogP contribution in [0, 0.1) is 5.92 Å². The van der Waals surface area contributed by atoms with Crippen LogP contribution in [0.2, 0.25) is 0 Å². The third-order valence-corrected chi connectivity index (χ3v) is 5.51. The lowest BCUT2D eigenvalue weighted by molar-refractivity contribution is -0.120. The van der Waals surface area contributed by atoms with Crippen LogP contribution in [0.25, 0.3) is 11.1 Å². The molecule has 0 spiro atoms. The highest BCUT2D eigenvalue weighted by molar-refractivity contribution is 7.80. The molecule has 152 valence electrons. The van der Waals surface area contributed by atoms with Crippen LogP contribution in [0.1, 0.15) is 55.3 Å². The summed E-state index contributed by atoms with van der Waals surface area (Å²) in [6.45, 7) is 0. The van der Waals surface area contributed by atoms with E-state index < -0.39 is 0 Å². The van der Waals surface area contributed by atoms with Crippen LogP contribution in [-0.2, 0) is 4.79 Å². The highest BCUT2D eigenvalue weighted by atomic mass is 32.1. The Bertz CT molecular complexity index is 831. The maximum absolute atomic E-state index is 12.3. The zero-order valence-corrected chi connectivity index (χ0v) is 17.3. The van der Waals surface area contributed by atoms with Crippen molar-refractivity contribution in [2.24, 2.45) is 5.92 Å². The molecule has 0 heterocycles. The SMILES string of the molecule is O=C(CCC1CCCCC1)NC(=S)NNC(=O)c1ccc(-c2ccccc2)cc1. The number of carbonyl (C=O) groups excluding carboxylic acids is 2. The molecular weight excluding hydrogens is 382 g/mol. The van der Waals surface area contributed by atoms with Gasteiger partial charge >= 0.3 is 0 Å². The maximum atomic E-state index is 12.3. The van der Waals surface area contributed by atoms with E-state index in [-0.39, 0.29) is 16.9 Å². The molecule has 0 atom stereocenters. The quantitative estimate of drug-likeness (QED) is 0.507. The summed E-state index contributed by atoms with van der Waals surface area (Å²) < 4.78 is 0. The zero-order chi connectivity index (χ0) is 20.5. The molecule has 6 heteroatoms. The van der Waals surface area contributed by atoms with E-state index in [9.17, 15) is 9.59 Å². The highest BCUT2D eigenvalue weighted by Crippen LogP contribution is 2.27. The minimum atomic E-state index is -0.316. The molecule has 0 radical (unpaired) electrons. The Morgan fingerprint density at radius 2 is 1.52 bits per heavy atom. The van der Waals surface area contributed by atoms with Crippen molar-refractivity contribution in [3.05, 3.63) is 60.2 Å². The Morgan fingerprint density at radius 3 is 2.21 bits per heavy atom. The lowest BCUT2D eigenvalue weighted by Gasteiger charge is -2.21. The van der Waals surface area contributed by atoms with Crippen LogP contribution in [0.5, 0.6) is 0 Å². The predicted octanol–water partition coefficient (Wildman–Crippen LogP) is 4.35. The molecule has 1 aliphatic rings. The van der Waals surface area contributed by atoms with Crippen LogP contribution in [0.15, 0.2) is 54.6 Å². The Labute approximate surface area is 177 Å². The summed E-state index contributed by atoms with van der Waals surface area (Å²) in [5.41, 5.74) is 7.75. The van der Waals surface area contributed by atoms with Gasteiger partial charge in [-0.2, -0.15) is 0 Å². The van der Waals surface area contributed by atoms with E-state index >= 15 is 0 Å². The van der Waals surface area contributed by atoms with Crippen molar-refractivity contribution in [2.75, 3.05) is 0 Å². The fourth-order valence-corrected chi connectivity index (χ4v) is 3.83. The highest BCUT2D eigenvalue weighted by Gasteiger charge is 2.15. The molecule has 0 aliphatic heterocycles. The van der Waals surface area contributed by atoms with Crippen molar-refractivity contribution in [1.82, 2.24) is 16.2 Å². The Balaban J connectivity index is 1.40. The molecule has 2 aromatic rings. The molecule has 0 aromatic heterocycles. The molecule has 1 fully saturated rings. The van der Waals surface area contributed by atoms with Crippen LogP contribution in [0.4, 0.5) is 0 Å². The van der Waals surface area contributed by atoms with Gasteiger partial charge in [0.05, 0.1) is 0 Å². The van der Waals surface area contributed by atoms with Gasteiger partial charge in [0.1, 0.15) is 0 Å². The van der Waals surface area contributed by atoms with E-state index in [1.807, 2.05) is 42.5 Å². The van der Waals surface area contributed by atoms with Gasteiger partial charge < -0.3 is 5.32 Å². The van der Waals surface area contributed by atoms with Crippen molar-refractivity contribution >= 4 is 29.1 Å². The molecule has 2 amide bonds. The number of benzene rings is 2. The largest absolute Gasteiger partial charge is 0.302 e. The lowest BCUT2D eigenvalue weighted by atomic mass is 9.86. The molecule has 5 nitrogen and oxygen atoms in total. The minimum absolute atomic E-state index is 0.105. The van der Waals surface area contributed by atoms with Gasteiger partial charge in [0, 0.05) is 12.0 Å². The first-order chi connectivity index (χ1) is 14.1. The summed E-state index contributed by atoms with van der Waals surface area (Å²) in [6, 6.07) is 17.3. The van der Waals surface area contributed by atoms with E-state index in [4.69, 9.17) is 12.2 Å². The first-order valence-corrected chi connectivity index (χ1v) is 10.6. The number of rotatable bonds is 5. The minimum Gasteiger partial charge on any atom is -0.302 e. The normalized spacial score (nSPS) is 14.1. The molecule has 0 saturated heterocycles. The Morgan fingerprint density at radius 1 is 0.862 bits per heavy atom. The number of nitrogens with one attached hydrogen (secondary N) is 3. The number of hydrogen-bond donors (Lipinski definition) is 3. The molecular formula is C23H27N3O2S. The maximum Gasteiger partial charge on any atom is 0.269 e. The van der Waals surface area contributed by atoms with E-state index in [1.54, 1.807) is 12.1 Å². The third-order valence-electron chi connectivity index (χ3n) is 5.30. The zero-order valence-electron chi connectivity index (χ0n) is 16.4. The smallest absolute Gasteiger partial charge is 0.269 e. The summed E-state index contributed by atoms with van der Waals surface area (Å²) in [6.07, 6.45) is 7.64. The summed E-state index contributed by atoms with van der Waals surface area (Å²) in [7, 11) is 0. The van der Waals surface area contributed by atoms with Gasteiger partial charge in [-0.25, -0.2) is 0 Å². The summed E-state index contributed by atoms with van der Waals surface area (Å²) in [5, 5.41) is 2.73. The Hall–Kier alpha value is -2.73. The fraction of sp³-hybridized carbons (Fsp3) is 0.348. The van der Waals surface area contributed by atoms with Gasteiger partial charge in [-0.3, -0.25) is 20.4 Å². The van der Waals surface area contributed by atoms with Gasteiger partial charge in [-0.15, -0.1) is 0 Å². The number of carbonyl (C=O) groups is 2. The molecule has 1 aliphatic carbocycles. The van der Waals surface area contributed by atoms with E-state index in [1.165, 1.54) is 32.1 Å². The van der Waals surface area contributed by atoms with Gasteiger partial charge in [0.15, 0.2) is 5.11 Å². The van der Waals surface area contributed by atoms with Crippen LogP contribution >= 0.6 is 12.2 Å². The Kier molecular flexibility index (Phi) is 7.76. The molecule has 0 unspecified atom stereocenters. The molecule has 29 heavy (non-hydrogen) atoms.